The third kappa shape index (κ3) is 5.70. The van der Waals surface area contributed by atoms with Crippen molar-refractivity contribution in [1.29, 1.82) is 0 Å². The van der Waals surface area contributed by atoms with Crippen LogP contribution in [0.1, 0.15) is 13.8 Å². The third-order valence-electron chi connectivity index (χ3n) is 3.04. The highest BCUT2D eigenvalue weighted by atomic mass is 32.2. The van der Waals surface area contributed by atoms with E-state index in [9.17, 15) is 8.42 Å². The average molecular weight is 318 g/mol. The fourth-order valence-electron chi connectivity index (χ4n) is 1.49. The molecule has 0 radical (unpaired) electrons. The highest BCUT2D eigenvalue weighted by Crippen LogP contribution is 2.24. The standard InChI is InChI=1S/C13H22N2O3S2/c1-10(9-16)11(2)15-20(17,18)8-7-19-13-6-4-3-5-12(13)14/h3-6,10-11,15-16H,7-9,14H2,1-2H3. The van der Waals surface area contributed by atoms with Crippen molar-refractivity contribution in [2.45, 2.75) is 24.8 Å². The molecule has 1 aromatic carbocycles. The molecule has 0 heterocycles. The lowest BCUT2D eigenvalue weighted by Crippen LogP contribution is -2.39. The van der Waals surface area contributed by atoms with Crippen LogP contribution in [0.4, 0.5) is 5.69 Å². The van der Waals surface area contributed by atoms with E-state index in [0.29, 0.717) is 11.4 Å². The number of thioether (sulfide) groups is 1. The summed E-state index contributed by atoms with van der Waals surface area (Å²) in [6, 6.07) is 7.10. The zero-order valence-corrected chi connectivity index (χ0v) is 13.4. The van der Waals surface area contributed by atoms with Crippen LogP contribution in [0.3, 0.4) is 0 Å². The average Bonchev–Trinajstić information content (AvgIpc) is 2.39. The van der Waals surface area contributed by atoms with Crippen LogP contribution in [-0.4, -0.2) is 37.7 Å². The molecular formula is C13H22N2O3S2. The molecule has 7 heteroatoms. The summed E-state index contributed by atoms with van der Waals surface area (Å²) in [6.45, 7) is 3.51. The maximum atomic E-state index is 11.9. The van der Waals surface area contributed by atoms with Crippen LogP contribution in [0, 0.1) is 5.92 Å². The molecule has 0 amide bonds. The van der Waals surface area contributed by atoms with Crippen molar-refractivity contribution < 1.29 is 13.5 Å². The predicted octanol–water partition coefficient (Wildman–Crippen LogP) is 1.30. The van der Waals surface area contributed by atoms with Gasteiger partial charge in [0.1, 0.15) is 0 Å². The second-order valence-electron chi connectivity index (χ2n) is 4.77. The lowest BCUT2D eigenvalue weighted by atomic mass is 10.1. The predicted molar refractivity (Wildman–Crippen MR) is 84.2 cm³/mol. The number of hydrogen-bond donors (Lipinski definition) is 3. The van der Waals surface area contributed by atoms with Gasteiger partial charge in [0, 0.05) is 29.0 Å². The van der Waals surface area contributed by atoms with Crippen molar-refractivity contribution in [3.63, 3.8) is 0 Å². The minimum atomic E-state index is -3.34. The molecule has 0 saturated heterocycles. The summed E-state index contributed by atoms with van der Waals surface area (Å²) in [5, 5.41) is 9.00. The molecule has 0 aliphatic heterocycles. The SMILES string of the molecule is CC(CO)C(C)NS(=O)(=O)CCSc1ccccc1N. The lowest BCUT2D eigenvalue weighted by Gasteiger charge is -2.19. The molecule has 1 rings (SSSR count). The number of nitrogens with two attached hydrogens (primary N) is 1. The Bertz CT molecular complexity index is 520. The van der Waals surface area contributed by atoms with Crippen LogP contribution in [0.15, 0.2) is 29.2 Å². The van der Waals surface area contributed by atoms with Crippen LogP contribution < -0.4 is 10.5 Å². The van der Waals surface area contributed by atoms with Gasteiger partial charge in [-0.1, -0.05) is 19.1 Å². The summed E-state index contributed by atoms with van der Waals surface area (Å²) < 4.78 is 26.4. The highest BCUT2D eigenvalue weighted by molar-refractivity contribution is 8.00. The summed E-state index contributed by atoms with van der Waals surface area (Å²) >= 11 is 1.42. The summed E-state index contributed by atoms with van der Waals surface area (Å²) in [5.41, 5.74) is 6.45. The quantitative estimate of drug-likeness (QED) is 0.496. The minimum absolute atomic E-state index is 0.0223. The van der Waals surface area contributed by atoms with Gasteiger partial charge >= 0.3 is 0 Å². The molecule has 0 aliphatic carbocycles. The van der Waals surface area contributed by atoms with Crippen molar-refractivity contribution in [1.82, 2.24) is 4.72 Å². The molecule has 5 nitrogen and oxygen atoms in total. The number of nitrogens with one attached hydrogen (secondary N) is 1. The van der Waals surface area contributed by atoms with Crippen LogP contribution in [0.5, 0.6) is 0 Å². The summed E-state index contributed by atoms with van der Waals surface area (Å²) in [4.78, 5) is 0.888. The second kappa shape index (κ2) is 7.87. The fraction of sp³-hybridized carbons (Fsp3) is 0.538. The number of para-hydroxylation sites is 1. The van der Waals surface area contributed by atoms with Gasteiger partial charge in [-0.15, -0.1) is 11.8 Å². The summed E-state index contributed by atoms with van der Waals surface area (Å²) in [7, 11) is -3.34. The molecule has 0 spiro atoms. The number of aliphatic hydroxyl groups is 1. The topological polar surface area (TPSA) is 92.4 Å². The third-order valence-corrected chi connectivity index (χ3v) is 5.86. The lowest BCUT2D eigenvalue weighted by molar-refractivity contribution is 0.216. The first-order valence-corrected chi connectivity index (χ1v) is 9.07. The molecule has 114 valence electrons. The van der Waals surface area contributed by atoms with Crippen LogP contribution in [0.25, 0.3) is 0 Å². The van der Waals surface area contributed by atoms with Gasteiger partial charge in [-0.2, -0.15) is 0 Å². The van der Waals surface area contributed by atoms with Gasteiger partial charge in [-0.25, -0.2) is 13.1 Å². The molecular weight excluding hydrogens is 296 g/mol. The van der Waals surface area contributed by atoms with Gasteiger partial charge in [0.2, 0.25) is 10.0 Å². The molecule has 2 atom stereocenters. The first-order valence-electron chi connectivity index (χ1n) is 6.44. The number of nitrogen functional groups attached to an aromatic ring is 1. The van der Waals surface area contributed by atoms with E-state index < -0.39 is 10.0 Å². The Morgan fingerprint density at radius 2 is 2.00 bits per heavy atom. The first kappa shape index (κ1) is 17.3. The van der Waals surface area contributed by atoms with E-state index in [1.54, 1.807) is 19.9 Å². The van der Waals surface area contributed by atoms with E-state index in [2.05, 4.69) is 4.72 Å². The summed E-state index contributed by atoms with van der Waals surface area (Å²) in [5.74, 6) is 0.348. The number of benzene rings is 1. The number of aliphatic hydroxyl groups excluding tert-OH is 1. The molecule has 20 heavy (non-hydrogen) atoms. The molecule has 2 unspecified atom stereocenters. The monoisotopic (exact) mass is 318 g/mol. The number of hydrogen-bond acceptors (Lipinski definition) is 5. The molecule has 0 bridgehead atoms. The largest absolute Gasteiger partial charge is 0.398 e. The van der Waals surface area contributed by atoms with Crippen molar-refractivity contribution in [3.05, 3.63) is 24.3 Å². The van der Waals surface area contributed by atoms with Gasteiger partial charge in [-0.05, 0) is 25.0 Å². The van der Waals surface area contributed by atoms with Crippen LogP contribution >= 0.6 is 11.8 Å². The van der Waals surface area contributed by atoms with Crippen molar-refractivity contribution >= 4 is 27.5 Å². The van der Waals surface area contributed by atoms with Crippen LogP contribution in [0.2, 0.25) is 0 Å². The molecule has 0 saturated carbocycles. The number of sulfonamides is 1. The Balaban J connectivity index is 2.46. The normalized spacial score (nSPS) is 14.9. The first-order chi connectivity index (χ1) is 9.35. The zero-order chi connectivity index (χ0) is 15.2. The Kier molecular flexibility index (Phi) is 6.81. The van der Waals surface area contributed by atoms with E-state index in [1.807, 2.05) is 18.2 Å². The maximum Gasteiger partial charge on any atom is 0.212 e. The zero-order valence-electron chi connectivity index (χ0n) is 11.7. The second-order valence-corrected chi connectivity index (χ2v) is 7.78. The number of anilines is 1. The Morgan fingerprint density at radius 3 is 2.60 bits per heavy atom. The van der Waals surface area contributed by atoms with Gasteiger partial charge in [0.25, 0.3) is 0 Å². The maximum absolute atomic E-state index is 11.9. The summed E-state index contributed by atoms with van der Waals surface area (Å²) in [6.07, 6.45) is 0. The smallest absolute Gasteiger partial charge is 0.212 e. The van der Waals surface area contributed by atoms with E-state index >= 15 is 0 Å². The Hall–Kier alpha value is -0.760. The van der Waals surface area contributed by atoms with Gasteiger partial charge in [0.05, 0.1) is 5.75 Å². The Labute approximate surface area is 125 Å². The minimum Gasteiger partial charge on any atom is -0.398 e. The van der Waals surface area contributed by atoms with E-state index in [0.717, 1.165) is 4.90 Å². The molecule has 0 aliphatic rings. The number of rotatable bonds is 8. The van der Waals surface area contributed by atoms with Gasteiger partial charge in [-0.3, -0.25) is 0 Å². The van der Waals surface area contributed by atoms with Crippen LogP contribution in [-0.2, 0) is 10.0 Å². The van der Waals surface area contributed by atoms with Crippen molar-refractivity contribution in [2.24, 2.45) is 5.92 Å². The van der Waals surface area contributed by atoms with Crippen molar-refractivity contribution in [2.75, 3.05) is 23.8 Å². The highest BCUT2D eigenvalue weighted by Gasteiger charge is 2.18. The van der Waals surface area contributed by atoms with E-state index in [1.165, 1.54) is 11.8 Å². The van der Waals surface area contributed by atoms with Gasteiger partial charge < -0.3 is 10.8 Å². The molecule has 4 N–H and O–H groups in total. The van der Waals surface area contributed by atoms with E-state index in [4.69, 9.17) is 10.8 Å². The Morgan fingerprint density at radius 1 is 1.35 bits per heavy atom. The van der Waals surface area contributed by atoms with E-state index in [-0.39, 0.29) is 24.3 Å². The molecule has 0 aromatic heterocycles. The molecule has 1 aromatic rings. The van der Waals surface area contributed by atoms with Gasteiger partial charge in [0.15, 0.2) is 0 Å². The fourth-order valence-corrected chi connectivity index (χ4v) is 4.25. The van der Waals surface area contributed by atoms with Crippen molar-refractivity contribution in [3.8, 4) is 0 Å². The molecule has 0 fully saturated rings.